The third-order valence-corrected chi connectivity index (χ3v) is 5.15. The maximum Gasteiger partial charge on any atom is 0.238 e. The largest absolute Gasteiger partial charge is 0.386 e. The number of likely N-dealkylation sites (tertiary alicyclic amines) is 1. The van der Waals surface area contributed by atoms with Crippen molar-refractivity contribution in [2.24, 2.45) is 0 Å². The van der Waals surface area contributed by atoms with Crippen LogP contribution in [-0.2, 0) is 4.79 Å². The molecule has 1 atom stereocenters. The lowest BCUT2D eigenvalue weighted by Gasteiger charge is -2.48. The number of hydrogen-bond acceptors (Lipinski definition) is 3. The van der Waals surface area contributed by atoms with E-state index in [1.807, 2.05) is 11.8 Å². The van der Waals surface area contributed by atoms with Crippen LogP contribution in [0.5, 0.6) is 0 Å². The van der Waals surface area contributed by atoms with E-state index in [-0.39, 0.29) is 10.7 Å². The van der Waals surface area contributed by atoms with Crippen LogP contribution < -0.4 is 0 Å². The second-order valence-corrected chi connectivity index (χ2v) is 6.92. The number of β-amino-alcohol motifs (C(OH)–C–C–N with tert-alkyl or cyclic N) is 1. The van der Waals surface area contributed by atoms with E-state index in [1.165, 1.54) is 0 Å². The molecule has 2 saturated heterocycles. The van der Waals surface area contributed by atoms with Crippen LogP contribution >= 0.6 is 11.8 Å². The van der Waals surface area contributed by atoms with E-state index in [0.29, 0.717) is 13.1 Å². The van der Waals surface area contributed by atoms with Gasteiger partial charge in [0.05, 0.1) is 23.4 Å². The molecule has 16 heavy (non-hydrogen) atoms. The minimum Gasteiger partial charge on any atom is -0.386 e. The molecule has 0 aromatic carbocycles. The maximum absolute atomic E-state index is 12.2. The van der Waals surface area contributed by atoms with E-state index in [9.17, 15) is 9.90 Å². The van der Waals surface area contributed by atoms with E-state index in [2.05, 4.69) is 6.92 Å². The number of carbonyl (C=O) groups is 1. The molecule has 2 aliphatic heterocycles. The van der Waals surface area contributed by atoms with Gasteiger partial charge in [-0.2, -0.15) is 0 Å². The van der Waals surface area contributed by atoms with Crippen LogP contribution in [0.2, 0.25) is 0 Å². The minimum atomic E-state index is -0.593. The van der Waals surface area contributed by atoms with Crippen molar-refractivity contribution in [2.75, 3.05) is 18.8 Å². The molecule has 0 radical (unpaired) electrons. The zero-order chi connectivity index (χ0) is 11.8. The number of carbonyl (C=O) groups excluding carboxylic acids is 1. The fourth-order valence-corrected chi connectivity index (χ4v) is 3.99. The molecule has 1 N–H and O–H groups in total. The molecule has 92 valence electrons. The van der Waals surface area contributed by atoms with Crippen LogP contribution in [0.4, 0.5) is 0 Å². The molecule has 1 amide bonds. The van der Waals surface area contributed by atoms with Crippen LogP contribution in [0.15, 0.2) is 0 Å². The van der Waals surface area contributed by atoms with Gasteiger partial charge in [-0.05, 0) is 31.9 Å². The first-order valence-electron chi connectivity index (χ1n) is 6.15. The maximum atomic E-state index is 12.2. The van der Waals surface area contributed by atoms with Crippen molar-refractivity contribution < 1.29 is 9.90 Å². The van der Waals surface area contributed by atoms with E-state index < -0.39 is 5.60 Å². The van der Waals surface area contributed by atoms with Crippen molar-refractivity contribution in [1.82, 2.24) is 4.90 Å². The van der Waals surface area contributed by atoms with Gasteiger partial charge >= 0.3 is 0 Å². The van der Waals surface area contributed by atoms with Crippen molar-refractivity contribution in [1.29, 1.82) is 0 Å². The molecule has 2 fully saturated rings. The molecule has 2 rings (SSSR count). The highest BCUT2D eigenvalue weighted by atomic mass is 32.2. The summed E-state index contributed by atoms with van der Waals surface area (Å²) in [5.41, 5.74) is -0.593. The highest BCUT2D eigenvalue weighted by Gasteiger charge is 2.48. The normalized spacial score (nSPS) is 32.6. The summed E-state index contributed by atoms with van der Waals surface area (Å²) in [7, 11) is 0. The van der Waals surface area contributed by atoms with Crippen molar-refractivity contribution >= 4 is 17.7 Å². The molecule has 0 saturated carbocycles. The topological polar surface area (TPSA) is 40.5 Å². The van der Waals surface area contributed by atoms with Crippen molar-refractivity contribution in [2.45, 2.75) is 49.9 Å². The summed E-state index contributed by atoms with van der Waals surface area (Å²) >= 11 is 1.77. The van der Waals surface area contributed by atoms with Gasteiger partial charge in [-0.3, -0.25) is 4.79 Å². The molecule has 0 aliphatic carbocycles. The highest BCUT2D eigenvalue weighted by Crippen LogP contribution is 2.41. The summed E-state index contributed by atoms with van der Waals surface area (Å²) in [6.07, 6.45) is 3.91. The Balaban J connectivity index is 1.90. The van der Waals surface area contributed by atoms with Gasteiger partial charge in [-0.15, -0.1) is 11.8 Å². The first-order chi connectivity index (χ1) is 7.49. The summed E-state index contributed by atoms with van der Waals surface area (Å²) in [4.78, 5) is 14.1. The van der Waals surface area contributed by atoms with E-state index >= 15 is 0 Å². The fourth-order valence-electron chi connectivity index (χ4n) is 2.71. The quantitative estimate of drug-likeness (QED) is 0.819. The number of nitrogens with zero attached hydrogens (tertiary/aromatic N) is 1. The lowest BCUT2D eigenvalue weighted by Crippen LogP contribution is -2.66. The number of rotatable bonds is 3. The first-order valence-corrected chi connectivity index (χ1v) is 7.13. The second-order valence-electron chi connectivity index (χ2n) is 5.32. The first kappa shape index (κ1) is 12.2. The number of amides is 1. The Labute approximate surface area is 102 Å². The molecule has 2 heterocycles. The molecule has 0 spiro atoms. The molecule has 4 heteroatoms. The molecule has 2 aliphatic rings. The Bertz CT molecular complexity index is 281. The van der Waals surface area contributed by atoms with Crippen LogP contribution in [0.1, 0.15) is 39.5 Å². The van der Waals surface area contributed by atoms with Gasteiger partial charge in [0.25, 0.3) is 0 Å². The fraction of sp³-hybridized carbons (Fsp3) is 0.917. The zero-order valence-corrected chi connectivity index (χ0v) is 11.0. The van der Waals surface area contributed by atoms with Gasteiger partial charge in [0.2, 0.25) is 5.91 Å². The summed E-state index contributed by atoms with van der Waals surface area (Å²) in [6.45, 7) is 5.19. The van der Waals surface area contributed by atoms with Crippen LogP contribution in [0, 0.1) is 0 Å². The standard InChI is InChI=1S/C12H21NO2S/c1-3-5-12(15)8-13(9-12)10(14)11(2)6-4-7-16-11/h15H,3-9H2,1-2H3. The van der Waals surface area contributed by atoms with E-state index in [0.717, 1.165) is 31.4 Å². The highest BCUT2D eigenvalue weighted by molar-refractivity contribution is 8.01. The third kappa shape index (κ3) is 2.09. The molecule has 3 nitrogen and oxygen atoms in total. The summed E-state index contributed by atoms with van der Waals surface area (Å²) in [5.74, 6) is 1.32. The number of aliphatic hydroxyl groups is 1. The molecular weight excluding hydrogens is 222 g/mol. The van der Waals surface area contributed by atoms with Gasteiger partial charge in [-0.25, -0.2) is 0 Å². The zero-order valence-electron chi connectivity index (χ0n) is 10.2. The Morgan fingerprint density at radius 3 is 2.69 bits per heavy atom. The monoisotopic (exact) mass is 243 g/mol. The molecule has 0 bridgehead atoms. The molecule has 0 aromatic heterocycles. The summed E-state index contributed by atoms with van der Waals surface area (Å²) < 4.78 is -0.215. The Morgan fingerprint density at radius 1 is 1.50 bits per heavy atom. The Morgan fingerprint density at radius 2 is 2.19 bits per heavy atom. The van der Waals surface area contributed by atoms with Gasteiger partial charge in [0.15, 0.2) is 0 Å². The van der Waals surface area contributed by atoms with Gasteiger partial charge in [0.1, 0.15) is 0 Å². The average molecular weight is 243 g/mol. The Kier molecular flexibility index (Phi) is 3.23. The Hall–Kier alpha value is -0.220. The lowest BCUT2D eigenvalue weighted by molar-refractivity contribution is -0.158. The minimum absolute atomic E-state index is 0.215. The smallest absolute Gasteiger partial charge is 0.238 e. The third-order valence-electron chi connectivity index (χ3n) is 3.64. The number of thioether (sulfide) groups is 1. The summed E-state index contributed by atoms with van der Waals surface area (Å²) in [6, 6.07) is 0. The van der Waals surface area contributed by atoms with E-state index in [4.69, 9.17) is 0 Å². The predicted molar refractivity (Wildman–Crippen MR) is 66.5 cm³/mol. The van der Waals surface area contributed by atoms with Gasteiger partial charge in [0, 0.05) is 0 Å². The SMILES string of the molecule is CCCC1(O)CN(C(=O)C2(C)CCCS2)C1. The van der Waals surface area contributed by atoms with Crippen molar-refractivity contribution in [3.8, 4) is 0 Å². The summed E-state index contributed by atoms with van der Waals surface area (Å²) in [5, 5.41) is 10.1. The van der Waals surface area contributed by atoms with E-state index in [1.54, 1.807) is 11.8 Å². The van der Waals surface area contributed by atoms with Gasteiger partial charge < -0.3 is 10.0 Å². The second kappa shape index (κ2) is 4.22. The molecule has 1 unspecified atom stereocenters. The predicted octanol–water partition coefficient (Wildman–Crippen LogP) is 1.65. The average Bonchev–Trinajstić information content (AvgIpc) is 2.62. The van der Waals surface area contributed by atoms with Crippen LogP contribution in [-0.4, -0.2) is 45.1 Å². The molecule has 0 aromatic rings. The lowest BCUT2D eigenvalue weighted by atomic mass is 9.87. The van der Waals surface area contributed by atoms with Gasteiger partial charge in [-0.1, -0.05) is 13.3 Å². The van der Waals surface area contributed by atoms with Crippen LogP contribution in [0.25, 0.3) is 0 Å². The molecular formula is C12H21NO2S. The van der Waals surface area contributed by atoms with Crippen molar-refractivity contribution in [3.05, 3.63) is 0 Å². The van der Waals surface area contributed by atoms with Crippen molar-refractivity contribution in [3.63, 3.8) is 0 Å². The number of hydrogen-bond donors (Lipinski definition) is 1. The van der Waals surface area contributed by atoms with Crippen LogP contribution in [0.3, 0.4) is 0 Å².